The molecule has 2 aliphatic rings. The van der Waals surface area contributed by atoms with E-state index in [1.165, 1.54) is 0 Å². The van der Waals surface area contributed by atoms with Gasteiger partial charge in [-0.2, -0.15) is 0 Å². The van der Waals surface area contributed by atoms with E-state index >= 15 is 0 Å². The van der Waals surface area contributed by atoms with Crippen LogP contribution >= 0.6 is 0 Å². The van der Waals surface area contributed by atoms with Crippen LogP contribution in [-0.4, -0.2) is 33.3 Å². The number of carbonyl (C=O) groups excluding carboxylic acids is 1. The number of hydrogen-bond acceptors (Lipinski definition) is 5. The monoisotopic (exact) mass is 355 g/mol. The van der Waals surface area contributed by atoms with Crippen LogP contribution in [0.4, 0.5) is 0 Å². The molecular weight excluding hydrogens is 334 g/mol. The molecule has 0 bridgehead atoms. The zero-order chi connectivity index (χ0) is 18.1. The summed E-state index contributed by atoms with van der Waals surface area (Å²) in [7, 11) is 3.13. The Kier molecular flexibility index (Phi) is 4.11. The second-order valence-corrected chi connectivity index (χ2v) is 6.50. The van der Waals surface area contributed by atoms with E-state index in [4.69, 9.17) is 18.9 Å². The number of carbonyl (C=O) groups is 1. The van der Waals surface area contributed by atoms with E-state index < -0.39 is 0 Å². The van der Waals surface area contributed by atoms with Gasteiger partial charge in [-0.15, -0.1) is 0 Å². The fourth-order valence-corrected chi connectivity index (χ4v) is 3.18. The molecular formula is C20H21NO5. The van der Waals surface area contributed by atoms with Crippen molar-refractivity contribution in [3.8, 4) is 23.0 Å². The molecule has 1 N–H and O–H groups in total. The van der Waals surface area contributed by atoms with Gasteiger partial charge in [0.25, 0.3) is 5.91 Å². The molecule has 1 amide bonds. The first-order valence-electron chi connectivity index (χ1n) is 8.59. The Labute approximate surface area is 152 Å². The summed E-state index contributed by atoms with van der Waals surface area (Å²) in [6.07, 6.45) is 1.78. The molecule has 26 heavy (non-hydrogen) atoms. The molecule has 1 saturated carbocycles. The number of fused-ring (bicyclic) bond motifs is 1. The second-order valence-electron chi connectivity index (χ2n) is 6.50. The predicted octanol–water partition coefficient (Wildman–Crippen LogP) is 2.89. The molecule has 4 rings (SSSR count). The molecule has 136 valence electrons. The second kappa shape index (κ2) is 6.44. The lowest BCUT2D eigenvalue weighted by molar-refractivity contribution is 0.0930. The van der Waals surface area contributed by atoms with Crippen LogP contribution in [0.3, 0.4) is 0 Å². The van der Waals surface area contributed by atoms with Crippen LogP contribution in [0.25, 0.3) is 0 Å². The van der Waals surface area contributed by atoms with Gasteiger partial charge in [0.1, 0.15) is 24.7 Å². The summed E-state index contributed by atoms with van der Waals surface area (Å²) in [5.41, 5.74) is 1.18. The average molecular weight is 355 g/mol. The molecule has 1 heterocycles. The smallest absolute Gasteiger partial charge is 0.252 e. The zero-order valence-corrected chi connectivity index (χ0v) is 14.8. The Morgan fingerprint density at radius 2 is 1.62 bits per heavy atom. The Hall–Kier alpha value is -2.89. The van der Waals surface area contributed by atoms with Gasteiger partial charge >= 0.3 is 0 Å². The van der Waals surface area contributed by atoms with Gasteiger partial charge in [0.05, 0.1) is 19.8 Å². The SMILES string of the molecule is COc1cc(OC)cc(C(=O)NC2(c3ccc4c(c3)OCCO4)CC2)c1. The molecule has 2 aromatic rings. The molecule has 1 aliphatic heterocycles. The Bertz CT molecular complexity index is 822. The lowest BCUT2D eigenvalue weighted by Gasteiger charge is -2.23. The van der Waals surface area contributed by atoms with Crippen LogP contribution in [0, 0.1) is 0 Å². The molecule has 0 atom stereocenters. The number of benzene rings is 2. The van der Waals surface area contributed by atoms with E-state index in [2.05, 4.69) is 5.32 Å². The van der Waals surface area contributed by atoms with Crippen LogP contribution in [0.15, 0.2) is 36.4 Å². The quantitative estimate of drug-likeness (QED) is 0.893. The average Bonchev–Trinajstić information content (AvgIpc) is 3.47. The van der Waals surface area contributed by atoms with Crippen molar-refractivity contribution in [1.82, 2.24) is 5.32 Å². The number of nitrogens with one attached hydrogen (secondary N) is 1. The van der Waals surface area contributed by atoms with Gasteiger partial charge in [-0.3, -0.25) is 4.79 Å². The van der Waals surface area contributed by atoms with E-state index in [1.54, 1.807) is 32.4 Å². The van der Waals surface area contributed by atoms with Crippen molar-refractivity contribution >= 4 is 5.91 Å². The van der Waals surface area contributed by atoms with Crippen molar-refractivity contribution in [1.29, 1.82) is 0 Å². The fraction of sp³-hybridized carbons (Fsp3) is 0.350. The van der Waals surface area contributed by atoms with Crippen molar-refractivity contribution in [3.63, 3.8) is 0 Å². The number of rotatable bonds is 5. The highest BCUT2D eigenvalue weighted by atomic mass is 16.6. The number of ether oxygens (including phenoxy) is 4. The molecule has 0 saturated heterocycles. The van der Waals surface area contributed by atoms with Gasteiger partial charge in [-0.1, -0.05) is 6.07 Å². The lowest BCUT2D eigenvalue weighted by Crippen LogP contribution is -2.35. The van der Waals surface area contributed by atoms with E-state index in [0.29, 0.717) is 30.3 Å². The van der Waals surface area contributed by atoms with Crippen LogP contribution in [0.1, 0.15) is 28.8 Å². The fourth-order valence-electron chi connectivity index (χ4n) is 3.18. The normalized spacial score (nSPS) is 16.5. The van der Waals surface area contributed by atoms with Gasteiger partial charge in [0.15, 0.2) is 11.5 Å². The number of methoxy groups -OCH3 is 2. The maximum absolute atomic E-state index is 12.8. The molecule has 0 aromatic heterocycles. The molecule has 1 fully saturated rings. The summed E-state index contributed by atoms with van der Waals surface area (Å²) < 4.78 is 21.7. The highest BCUT2D eigenvalue weighted by Gasteiger charge is 2.46. The van der Waals surface area contributed by atoms with E-state index in [9.17, 15) is 4.79 Å². The molecule has 0 unspecified atom stereocenters. The predicted molar refractivity (Wildman–Crippen MR) is 95.4 cm³/mol. The van der Waals surface area contributed by atoms with E-state index in [-0.39, 0.29) is 11.4 Å². The highest BCUT2D eigenvalue weighted by Crippen LogP contribution is 2.48. The van der Waals surface area contributed by atoms with Gasteiger partial charge in [0, 0.05) is 11.6 Å². The van der Waals surface area contributed by atoms with Crippen molar-refractivity contribution in [2.75, 3.05) is 27.4 Å². The largest absolute Gasteiger partial charge is 0.497 e. The molecule has 6 nitrogen and oxygen atoms in total. The first-order valence-corrected chi connectivity index (χ1v) is 8.59. The first-order chi connectivity index (χ1) is 12.6. The zero-order valence-electron chi connectivity index (χ0n) is 14.8. The van der Waals surface area contributed by atoms with Gasteiger partial charge in [0.2, 0.25) is 0 Å². The molecule has 1 aliphatic carbocycles. The third-order valence-corrected chi connectivity index (χ3v) is 4.81. The Morgan fingerprint density at radius 3 is 2.23 bits per heavy atom. The van der Waals surface area contributed by atoms with Crippen LogP contribution < -0.4 is 24.3 Å². The number of hydrogen-bond donors (Lipinski definition) is 1. The molecule has 6 heteroatoms. The van der Waals surface area contributed by atoms with Crippen LogP contribution in [0.2, 0.25) is 0 Å². The van der Waals surface area contributed by atoms with E-state index in [0.717, 1.165) is 29.9 Å². The van der Waals surface area contributed by atoms with Crippen LogP contribution in [-0.2, 0) is 5.54 Å². The summed E-state index contributed by atoms with van der Waals surface area (Å²) in [5.74, 6) is 2.49. The minimum absolute atomic E-state index is 0.158. The minimum atomic E-state index is -0.358. The number of amides is 1. The maximum atomic E-state index is 12.8. The van der Waals surface area contributed by atoms with Crippen molar-refractivity contribution in [3.05, 3.63) is 47.5 Å². The Balaban J connectivity index is 1.58. The third-order valence-electron chi connectivity index (χ3n) is 4.81. The lowest BCUT2D eigenvalue weighted by atomic mass is 10.0. The van der Waals surface area contributed by atoms with Crippen LogP contribution in [0.5, 0.6) is 23.0 Å². The Morgan fingerprint density at radius 1 is 0.962 bits per heavy atom. The molecule has 2 aromatic carbocycles. The van der Waals surface area contributed by atoms with E-state index in [1.807, 2.05) is 18.2 Å². The summed E-state index contributed by atoms with van der Waals surface area (Å²) in [6, 6.07) is 11.0. The summed E-state index contributed by atoms with van der Waals surface area (Å²) in [5, 5.41) is 3.16. The van der Waals surface area contributed by atoms with Crippen molar-refractivity contribution in [2.45, 2.75) is 18.4 Å². The summed E-state index contributed by atoms with van der Waals surface area (Å²) in [4.78, 5) is 12.8. The van der Waals surface area contributed by atoms with Gasteiger partial charge in [-0.05, 0) is 42.7 Å². The minimum Gasteiger partial charge on any atom is -0.497 e. The van der Waals surface area contributed by atoms with Gasteiger partial charge < -0.3 is 24.3 Å². The summed E-state index contributed by atoms with van der Waals surface area (Å²) in [6.45, 7) is 1.10. The third kappa shape index (κ3) is 3.03. The maximum Gasteiger partial charge on any atom is 0.252 e. The first kappa shape index (κ1) is 16.6. The van der Waals surface area contributed by atoms with Gasteiger partial charge in [-0.25, -0.2) is 0 Å². The molecule has 0 spiro atoms. The van der Waals surface area contributed by atoms with Crippen molar-refractivity contribution < 1.29 is 23.7 Å². The topological polar surface area (TPSA) is 66.0 Å². The van der Waals surface area contributed by atoms with Crippen molar-refractivity contribution in [2.24, 2.45) is 0 Å². The molecule has 0 radical (unpaired) electrons. The summed E-state index contributed by atoms with van der Waals surface area (Å²) >= 11 is 0. The standard InChI is InChI=1S/C20H21NO5/c1-23-15-9-13(10-16(12-15)24-2)19(22)21-20(5-6-20)14-3-4-17-18(11-14)26-8-7-25-17/h3-4,9-12H,5-8H2,1-2H3,(H,21,22). The highest BCUT2D eigenvalue weighted by molar-refractivity contribution is 5.96.